The van der Waals surface area contributed by atoms with Crippen molar-refractivity contribution in [2.75, 3.05) is 31.3 Å². The van der Waals surface area contributed by atoms with Crippen LogP contribution in [-0.4, -0.2) is 39.7 Å². The van der Waals surface area contributed by atoms with Crippen molar-refractivity contribution < 1.29 is 17.9 Å². The number of rotatable bonds is 11. The summed E-state index contributed by atoms with van der Waals surface area (Å²) in [6.45, 7) is 10.2. The zero-order chi connectivity index (χ0) is 20.6. The van der Waals surface area contributed by atoms with Crippen LogP contribution in [0.5, 0.6) is 5.75 Å². The maximum Gasteiger partial charge on any atom is 0.150 e. The van der Waals surface area contributed by atoms with Crippen LogP contribution in [-0.2, 0) is 14.6 Å². The SMILES string of the molecule is C[C@@H](CS(=O)(=O)CCCOCC(C)(C)C)c1cccc(OCC2CCCC2)c1. The Bertz CT molecular complexity index is 685. The van der Waals surface area contributed by atoms with E-state index in [0.29, 0.717) is 25.6 Å². The Morgan fingerprint density at radius 2 is 1.89 bits per heavy atom. The summed E-state index contributed by atoms with van der Waals surface area (Å²) in [6, 6.07) is 7.92. The van der Waals surface area contributed by atoms with Gasteiger partial charge in [-0.1, -0.05) is 52.7 Å². The Kier molecular flexibility index (Phi) is 8.81. The average Bonchev–Trinajstić information content (AvgIpc) is 3.12. The fourth-order valence-electron chi connectivity index (χ4n) is 3.62. The van der Waals surface area contributed by atoms with E-state index in [-0.39, 0.29) is 22.8 Å². The van der Waals surface area contributed by atoms with E-state index in [1.807, 2.05) is 31.2 Å². The Morgan fingerprint density at radius 1 is 1.18 bits per heavy atom. The molecular weight excluding hydrogens is 372 g/mol. The molecule has 0 amide bonds. The fraction of sp³-hybridized carbons (Fsp3) is 0.739. The predicted molar refractivity (Wildman–Crippen MR) is 116 cm³/mol. The van der Waals surface area contributed by atoms with Gasteiger partial charge in [-0.05, 0) is 54.2 Å². The first kappa shape index (κ1) is 23.2. The fourth-order valence-corrected chi connectivity index (χ4v) is 5.30. The summed E-state index contributed by atoms with van der Waals surface area (Å²) in [7, 11) is -3.10. The van der Waals surface area contributed by atoms with Gasteiger partial charge in [-0.15, -0.1) is 0 Å². The molecule has 1 atom stereocenters. The summed E-state index contributed by atoms with van der Waals surface area (Å²) in [4.78, 5) is 0. The number of ether oxygens (including phenoxy) is 2. The van der Waals surface area contributed by atoms with Crippen LogP contribution < -0.4 is 4.74 Å². The van der Waals surface area contributed by atoms with Gasteiger partial charge in [0.25, 0.3) is 0 Å². The molecular formula is C23H38O4S. The first-order valence-electron chi connectivity index (χ1n) is 10.7. The second kappa shape index (κ2) is 10.6. The minimum absolute atomic E-state index is 0.0458. The maximum atomic E-state index is 12.5. The van der Waals surface area contributed by atoms with E-state index < -0.39 is 9.84 Å². The van der Waals surface area contributed by atoms with Crippen molar-refractivity contribution in [1.29, 1.82) is 0 Å². The lowest BCUT2D eigenvalue weighted by Crippen LogP contribution is -2.19. The van der Waals surface area contributed by atoms with Crippen molar-refractivity contribution in [2.24, 2.45) is 11.3 Å². The van der Waals surface area contributed by atoms with E-state index in [1.165, 1.54) is 25.7 Å². The van der Waals surface area contributed by atoms with Gasteiger partial charge in [-0.2, -0.15) is 0 Å². The van der Waals surface area contributed by atoms with E-state index in [1.54, 1.807) is 0 Å². The Labute approximate surface area is 171 Å². The summed E-state index contributed by atoms with van der Waals surface area (Å²) in [5.41, 5.74) is 1.13. The van der Waals surface area contributed by atoms with Crippen LogP contribution in [0.2, 0.25) is 0 Å². The third kappa shape index (κ3) is 8.95. The molecule has 1 aromatic carbocycles. The van der Waals surface area contributed by atoms with Crippen LogP contribution in [0.1, 0.15) is 71.3 Å². The molecule has 160 valence electrons. The molecule has 0 bridgehead atoms. The normalized spacial score (nSPS) is 17.0. The summed E-state index contributed by atoms with van der Waals surface area (Å²) in [6.07, 6.45) is 5.69. The van der Waals surface area contributed by atoms with Crippen LogP contribution >= 0.6 is 0 Å². The molecule has 1 saturated carbocycles. The van der Waals surface area contributed by atoms with Crippen LogP contribution in [0.4, 0.5) is 0 Å². The molecule has 0 radical (unpaired) electrons. The van der Waals surface area contributed by atoms with Gasteiger partial charge in [0.05, 0.1) is 24.7 Å². The van der Waals surface area contributed by atoms with Crippen molar-refractivity contribution in [1.82, 2.24) is 0 Å². The van der Waals surface area contributed by atoms with E-state index in [9.17, 15) is 8.42 Å². The summed E-state index contributed by atoms with van der Waals surface area (Å²) in [5.74, 6) is 1.82. The van der Waals surface area contributed by atoms with Gasteiger partial charge in [0, 0.05) is 6.61 Å². The van der Waals surface area contributed by atoms with Crippen molar-refractivity contribution in [3.63, 3.8) is 0 Å². The Morgan fingerprint density at radius 3 is 2.57 bits per heavy atom. The predicted octanol–water partition coefficient (Wildman–Crippen LogP) is 5.23. The second-order valence-electron chi connectivity index (χ2n) is 9.52. The largest absolute Gasteiger partial charge is 0.493 e. The third-order valence-corrected chi connectivity index (χ3v) is 7.09. The lowest BCUT2D eigenvalue weighted by Gasteiger charge is -2.18. The zero-order valence-corrected chi connectivity index (χ0v) is 18.9. The lowest BCUT2D eigenvalue weighted by molar-refractivity contribution is 0.0720. The van der Waals surface area contributed by atoms with Gasteiger partial charge < -0.3 is 9.47 Å². The van der Waals surface area contributed by atoms with Gasteiger partial charge in [0.15, 0.2) is 9.84 Å². The van der Waals surface area contributed by atoms with E-state index >= 15 is 0 Å². The summed E-state index contributed by atoms with van der Waals surface area (Å²) >= 11 is 0. The maximum absolute atomic E-state index is 12.5. The Hall–Kier alpha value is -1.07. The highest BCUT2D eigenvalue weighted by molar-refractivity contribution is 7.91. The summed E-state index contributed by atoms with van der Waals surface area (Å²) < 4.78 is 36.5. The zero-order valence-electron chi connectivity index (χ0n) is 18.1. The van der Waals surface area contributed by atoms with Crippen LogP contribution in [0.15, 0.2) is 24.3 Å². The van der Waals surface area contributed by atoms with Gasteiger partial charge >= 0.3 is 0 Å². The number of hydrogen-bond donors (Lipinski definition) is 0. The number of benzene rings is 1. The molecule has 0 heterocycles. The molecule has 0 spiro atoms. The molecule has 0 aliphatic heterocycles. The minimum atomic E-state index is -3.10. The van der Waals surface area contributed by atoms with E-state index in [2.05, 4.69) is 20.8 Å². The van der Waals surface area contributed by atoms with E-state index in [0.717, 1.165) is 17.9 Å². The van der Waals surface area contributed by atoms with Crippen LogP contribution in [0.3, 0.4) is 0 Å². The molecule has 1 aliphatic rings. The van der Waals surface area contributed by atoms with Gasteiger partial charge in [0.1, 0.15) is 5.75 Å². The van der Waals surface area contributed by atoms with Gasteiger partial charge in [0.2, 0.25) is 0 Å². The van der Waals surface area contributed by atoms with E-state index in [4.69, 9.17) is 9.47 Å². The van der Waals surface area contributed by atoms with Crippen LogP contribution in [0.25, 0.3) is 0 Å². The highest BCUT2D eigenvalue weighted by Gasteiger charge is 2.19. The molecule has 1 aliphatic carbocycles. The Balaban J connectivity index is 1.78. The lowest BCUT2D eigenvalue weighted by atomic mass is 9.99. The topological polar surface area (TPSA) is 52.6 Å². The third-order valence-electron chi connectivity index (χ3n) is 5.17. The molecule has 5 heteroatoms. The van der Waals surface area contributed by atoms with Crippen molar-refractivity contribution in [2.45, 2.75) is 65.7 Å². The van der Waals surface area contributed by atoms with Crippen molar-refractivity contribution in [3.8, 4) is 5.75 Å². The van der Waals surface area contributed by atoms with Crippen LogP contribution in [0, 0.1) is 11.3 Å². The highest BCUT2D eigenvalue weighted by Crippen LogP contribution is 2.27. The average molecular weight is 411 g/mol. The molecule has 0 unspecified atom stereocenters. The minimum Gasteiger partial charge on any atom is -0.493 e. The van der Waals surface area contributed by atoms with Gasteiger partial charge in [-0.3, -0.25) is 0 Å². The van der Waals surface area contributed by atoms with Crippen molar-refractivity contribution >= 4 is 9.84 Å². The van der Waals surface area contributed by atoms with Gasteiger partial charge in [-0.25, -0.2) is 8.42 Å². The monoisotopic (exact) mass is 410 g/mol. The second-order valence-corrected chi connectivity index (χ2v) is 11.7. The molecule has 28 heavy (non-hydrogen) atoms. The molecule has 0 aromatic heterocycles. The van der Waals surface area contributed by atoms with Crippen molar-refractivity contribution in [3.05, 3.63) is 29.8 Å². The standard InChI is InChI=1S/C23H38O4S/c1-19(17-28(24,25)14-8-13-26-18-23(2,3)4)21-11-7-12-22(15-21)27-16-20-9-5-6-10-20/h7,11-12,15,19-20H,5-6,8-10,13-14,16-18H2,1-4H3/t19-/m0/s1. The molecule has 0 N–H and O–H groups in total. The molecule has 1 aromatic rings. The molecule has 1 fully saturated rings. The molecule has 0 saturated heterocycles. The first-order valence-corrected chi connectivity index (χ1v) is 12.5. The molecule has 2 rings (SSSR count). The number of hydrogen-bond acceptors (Lipinski definition) is 4. The first-order chi connectivity index (χ1) is 13.1. The smallest absolute Gasteiger partial charge is 0.150 e. The molecule has 4 nitrogen and oxygen atoms in total. The quantitative estimate of drug-likeness (QED) is 0.469. The number of sulfone groups is 1. The summed E-state index contributed by atoms with van der Waals surface area (Å²) in [5, 5.41) is 0. The highest BCUT2D eigenvalue weighted by atomic mass is 32.2.